The van der Waals surface area contributed by atoms with E-state index < -0.39 is 17.6 Å². The summed E-state index contributed by atoms with van der Waals surface area (Å²) < 4.78 is 4.86. The normalized spacial score (nSPS) is 22.5. The Morgan fingerprint density at radius 2 is 2.00 bits per heavy atom. The van der Waals surface area contributed by atoms with Gasteiger partial charge in [-0.15, -0.1) is 0 Å². The minimum atomic E-state index is -1.17. The van der Waals surface area contributed by atoms with E-state index in [-0.39, 0.29) is 17.6 Å². The lowest BCUT2D eigenvalue weighted by Gasteiger charge is -2.29. The second kappa shape index (κ2) is 6.58. The van der Waals surface area contributed by atoms with Crippen LogP contribution in [0.25, 0.3) is 0 Å². The summed E-state index contributed by atoms with van der Waals surface area (Å²) in [6, 6.07) is 5.69. The van der Waals surface area contributed by atoms with Crippen molar-refractivity contribution in [1.82, 2.24) is 4.90 Å². The molecule has 1 aromatic carbocycles. The Kier molecular flexibility index (Phi) is 4.94. The van der Waals surface area contributed by atoms with Crippen molar-refractivity contribution in [2.75, 3.05) is 13.7 Å². The van der Waals surface area contributed by atoms with Gasteiger partial charge in [0.15, 0.2) is 0 Å². The molecule has 3 N–H and O–H groups in total. The highest BCUT2D eigenvalue weighted by atomic mass is 16.5. The fourth-order valence-corrected chi connectivity index (χ4v) is 3.02. The minimum Gasteiger partial charge on any atom is -0.508 e. The van der Waals surface area contributed by atoms with Crippen LogP contribution in [0, 0.1) is 5.92 Å². The SMILES string of the molecule is COC(=O)C(CC(C)C)N1CCC(N)(c2ccc(O)cc2)C1=O. The number of nitrogens with two attached hydrogens (primary N) is 1. The molecule has 0 radical (unpaired) electrons. The first kappa shape index (κ1) is 17.3. The van der Waals surface area contributed by atoms with Crippen molar-refractivity contribution in [3.05, 3.63) is 29.8 Å². The number of methoxy groups -OCH3 is 1. The van der Waals surface area contributed by atoms with Crippen LogP contribution in [0.2, 0.25) is 0 Å². The van der Waals surface area contributed by atoms with Gasteiger partial charge in [-0.2, -0.15) is 0 Å². The Bertz CT molecular complexity index is 585. The molecule has 6 heteroatoms. The monoisotopic (exact) mass is 320 g/mol. The molecule has 126 valence electrons. The minimum absolute atomic E-state index is 0.117. The number of esters is 1. The zero-order valence-corrected chi connectivity index (χ0v) is 13.8. The average molecular weight is 320 g/mol. The van der Waals surface area contributed by atoms with Crippen LogP contribution in [0.15, 0.2) is 24.3 Å². The van der Waals surface area contributed by atoms with E-state index >= 15 is 0 Å². The fraction of sp³-hybridized carbons (Fsp3) is 0.529. The van der Waals surface area contributed by atoms with Crippen LogP contribution in [-0.2, 0) is 19.9 Å². The summed E-state index contributed by atoms with van der Waals surface area (Å²) in [7, 11) is 1.33. The molecule has 0 saturated carbocycles. The Morgan fingerprint density at radius 1 is 1.39 bits per heavy atom. The molecular weight excluding hydrogens is 296 g/mol. The van der Waals surface area contributed by atoms with Crippen molar-refractivity contribution < 1.29 is 19.4 Å². The number of hydrogen-bond donors (Lipinski definition) is 2. The molecule has 0 spiro atoms. The van der Waals surface area contributed by atoms with Gasteiger partial charge in [-0.3, -0.25) is 4.79 Å². The van der Waals surface area contributed by atoms with E-state index in [1.807, 2.05) is 13.8 Å². The molecule has 0 aromatic heterocycles. The van der Waals surface area contributed by atoms with Gasteiger partial charge in [0.05, 0.1) is 7.11 Å². The van der Waals surface area contributed by atoms with E-state index in [9.17, 15) is 14.7 Å². The molecule has 1 fully saturated rings. The molecule has 0 bridgehead atoms. The summed E-state index contributed by atoms with van der Waals surface area (Å²) in [6.45, 7) is 4.39. The van der Waals surface area contributed by atoms with Gasteiger partial charge >= 0.3 is 5.97 Å². The summed E-state index contributed by atoms with van der Waals surface area (Å²) >= 11 is 0. The highest BCUT2D eigenvalue weighted by Crippen LogP contribution is 2.34. The zero-order chi connectivity index (χ0) is 17.2. The van der Waals surface area contributed by atoms with Crippen LogP contribution in [0.3, 0.4) is 0 Å². The molecule has 23 heavy (non-hydrogen) atoms. The third-order valence-corrected chi connectivity index (χ3v) is 4.32. The number of ether oxygens (including phenoxy) is 1. The molecule has 1 saturated heterocycles. The first-order valence-electron chi connectivity index (χ1n) is 7.77. The van der Waals surface area contributed by atoms with Gasteiger partial charge < -0.3 is 20.5 Å². The van der Waals surface area contributed by atoms with E-state index in [0.717, 1.165) is 0 Å². The van der Waals surface area contributed by atoms with Gasteiger partial charge in [-0.1, -0.05) is 26.0 Å². The van der Waals surface area contributed by atoms with Crippen LogP contribution < -0.4 is 5.73 Å². The first-order valence-corrected chi connectivity index (χ1v) is 7.77. The van der Waals surface area contributed by atoms with Gasteiger partial charge in [-0.05, 0) is 36.5 Å². The van der Waals surface area contributed by atoms with Crippen molar-refractivity contribution in [3.8, 4) is 5.75 Å². The van der Waals surface area contributed by atoms with Gasteiger partial charge in [0, 0.05) is 6.54 Å². The average Bonchev–Trinajstić information content (AvgIpc) is 2.81. The molecule has 1 amide bonds. The van der Waals surface area contributed by atoms with E-state index in [2.05, 4.69) is 0 Å². The third kappa shape index (κ3) is 3.32. The lowest BCUT2D eigenvalue weighted by atomic mass is 9.89. The van der Waals surface area contributed by atoms with Crippen molar-refractivity contribution in [1.29, 1.82) is 0 Å². The van der Waals surface area contributed by atoms with Crippen molar-refractivity contribution in [2.45, 2.75) is 38.3 Å². The number of carbonyl (C=O) groups is 2. The molecular formula is C17H24N2O4. The predicted octanol–water partition coefficient (Wildman–Crippen LogP) is 1.37. The summed E-state index contributed by atoms with van der Waals surface area (Å²) in [6.07, 6.45) is 0.951. The van der Waals surface area contributed by atoms with E-state index in [1.165, 1.54) is 24.1 Å². The highest BCUT2D eigenvalue weighted by Gasteiger charge is 2.48. The van der Waals surface area contributed by atoms with Crippen LogP contribution in [-0.4, -0.2) is 41.6 Å². The Hall–Kier alpha value is -2.08. The van der Waals surface area contributed by atoms with E-state index in [1.54, 1.807) is 12.1 Å². The molecule has 1 heterocycles. The van der Waals surface area contributed by atoms with Crippen LogP contribution in [0.1, 0.15) is 32.3 Å². The predicted molar refractivity (Wildman–Crippen MR) is 85.6 cm³/mol. The first-order chi connectivity index (χ1) is 10.8. The number of likely N-dealkylation sites (tertiary alicyclic amines) is 1. The van der Waals surface area contributed by atoms with Crippen LogP contribution >= 0.6 is 0 Å². The second-order valence-corrected chi connectivity index (χ2v) is 6.44. The molecule has 2 atom stereocenters. The Labute approximate surface area is 136 Å². The van der Waals surface area contributed by atoms with Crippen LogP contribution in [0.4, 0.5) is 0 Å². The molecule has 1 aromatic rings. The van der Waals surface area contributed by atoms with Gasteiger partial charge in [-0.25, -0.2) is 4.79 Å². The quantitative estimate of drug-likeness (QED) is 0.799. The number of phenolic OH excluding ortho intramolecular Hbond substituents is 1. The number of phenols is 1. The fourth-order valence-electron chi connectivity index (χ4n) is 3.02. The third-order valence-electron chi connectivity index (χ3n) is 4.32. The number of amides is 1. The van der Waals surface area contributed by atoms with Crippen molar-refractivity contribution in [3.63, 3.8) is 0 Å². The summed E-state index contributed by atoms with van der Waals surface area (Å²) in [5, 5.41) is 9.40. The number of aromatic hydroxyl groups is 1. The maximum atomic E-state index is 12.9. The van der Waals surface area contributed by atoms with Crippen molar-refractivity contribution in [2.24, 2.45) is 11.7 Å². The molecule has 0 aliphatic carbocycles. The second-order valence-electron chi connectivity index (χ2n) is 6.44. The zero-order valence-electron chi connectivity index (χ0n) is 13.8. The topological polar surface area (TPSA) is 92.9 Å². The van der Waals surface area contributed by atoms with Gasteiger partial charge in [0.1, 0.15) is 17.3 Å². The summed E-state index contributed by atoms with van der Waals surface area (Å²) in [4.78, 5) is 26.5. The standard InChI is InChI=1S/C17H24N2O4/c1-11(2)10-14(15(21)23-3)19-9-8-17(18,16(19)22)12-4-6-13(20)7-5-12/h4-7,11,14,20H,8-10,18H2,1-3H3. The van der Waals surface area contributed by atoms with Gasteiger partial charge in [0.2, 0.25) is 5.91 Å². The van der Waals surface area contributed by atoms with Crippen molar-refractivity contribution >= 4 is 11.9 Å². The maximum Gasteiger partial charge on any atom is 0.328 e. The lowest BCUT2D eigenvalue weighted by molar-refractivity contribution is -0.153. The maximum absolute atomic E-state index is 12.9. The Morgan fingerprint density at radius 3 is 2.52 bits per heavy atom. The summed E-state index contributed by atoms with van der Waals surface area (Å²) in [5.41, 5.74) is 5.82. The number of hydrogen-bond acceptors (Lipinski definition) is 5. The molecule has 2 unspecified atom stereocenters. The molecule has 6 nitrogen and oxygen atoms in total. The summed E-state index contributed by atoms with van der Waals surface area (Å²) in [5.74, 6) is -0.332. The number of carbonyl (C=O) groups excluding carboxylic acids is 2. The number of nitrogens with zero attached hydrogens (tertiary/aromatic N) is 1. The lowest BCUT2D eigenvalue weighted by Crippen LogP contribution is -2.50. The molecule has 1 aliphatic rings. The molecule has 1 aliphatic heterocycles. The number of benzene rings is 1. The van der Waals surface area contributed by atoms with E-state index in [4.69, 9.17) is 10.5 Å². The largest absolute Gasteiger partial charge is 0.508 e. The van der Waals surface area contributed by atoms with Crippen LogP contribution in [0.5, 0.6) is 5.75 Å². The Balaban J connectivity index is 2.28. The van der Waals surface area contributed by atoms with E-state index in [0.29, 0.717) is 24.9 Å². The molecule has 2 rings (SSSR count). The van der Waals surface area contributed by atoms with Gasteiger partial charge in [0.25, 0.3) is 0 Å². The number of rotatable bonds is 5. The smallest absolute Gasteiger partial charge is 0.328 e. The highest BCUT2D eigenvalue weighted by molar-refractivity contribution is 5.93.